The summed E-state index contributed by atoms with van der Waals surface area (Å²) in [7, 11) is 0. The summed E-state index contributed by atoms with van der Waals surface area (Å²) >= 11 is 18.1. The van der Waals surface area contributed by atoms with E-state index >= 15 is 0 Å². The summed E-state index contributed by atoms with van der Waals surface area (Å²) in [6.45, 7) is 0. The monoisotopic (exact) mass is 320 g/mol. The molecule has 0 aliphatic carbocycles. The number of halogens is 5. The van der Waals surface area contributed by atoms with Crippen LogP contribution in [0.25, 0.3) is 0 Å². The molecule has 1 atom stereocenters. The van der Waals surface area contributed by atoms with Gasteiger partial charge in [0.25, 0.3) is 0 Å². The molecule has 5 heteroatoms. The Morgan fingerprint density at radius 1 is 1.05 bits per heavy atom. The molecule has 0 saturated heterocycles. The lowest BCUT2D eigenvalue weighted by Gasteiger charge is -2.13. The topological polar surface area (TPSA) is 0 Å². The van der Waals surface area contributed by atoms with Crippen molar-refractivity contribution in [1.29, 1.82) is 0 Å². The second-order valence-corrected chi connectivity index (χ2v) is 5.42. The molecule has 2 rings (SSSR count). The number of alkyl halides is 1. The molecule has 0 fully saturated rings. The Kier molecular flexibility index (Phi) is 4.67. The first-order valence-electron chi connectivity index (χ1n) is 5.51. The van der Waals surface area contributed by atoms with Crippen LogP contribution < -0.4 is 0 Å². The van der Waals surface area contributed by atoms with Crippen LogP contribution in [0, 0.1) is 11.6 Å². The Bertz CT molecular complexity index is 599. The van der Waals surface area contributed by atoms with Gasteiger partial charge in [-0.3, -0.25) is 0 Å². The molecule has 0 nitrogen and oxygen atoms in total. The molecule has 19 heavy (non-hydrogen) atoms. The number of hydrogen-bond acceptors (Lipinski definition) is 0. The van der Waals surface area contributed by atoms with Gasteiger partial charge in [-0.05, 0) is 41.8 Å². The lowest BCUT2D eigenvalue weighted by molar-refractivity contribution is 0.498. The van der Waals surface area contributed by atoms with Crippen molar-refractivity contribution in [1.82, 2.24) is 0 Å². The summed E-state index contributed by atoms with van der Waals surface area (Å²) in [6.07, 6.45) is 0.130. The first-order chi connectivity index (χ1) is 8.99. The van der Waals surface area contributed by atoms with E-state index in [0.29, 0.717) is 15.6 Å². The Morgan fingerprint density at radius 3 is 2.53 bits per heavy atom. The van der Waals surface area contributed by atoms with E-state index in [1.165, 1.54) is 12.1 Å². The molecular formula is C14H9Cl3F2. The van der Waals surface area contributed by atoms with Gasteiger partial charge in [-0.2, -0.15) is 0 Å². The predicted molar refractivity (Wildman–Crippen MR) is 75.1 cm³/mol. The zero-order valence-electron chi connectivity index (χ0n) is 9.64. The third-order valence-electron chi connectivity index (χ3n) is 2.73. The minimum absolute atomic E-state index is 0.130. The van der Waals surface area contributed by atoms with Gasteiger partial charge in [-0.25, -0.2) is 8.78 Å². The molecule has 0 spiro atoms. The van der Waals surface area contributed by atoms with E-state index in [0.717, 1.165) is 6.07 Å². The average Bonchev–Trinajstić information content (AvgIpc) is 2.38. The van der Waals surface area contributed by atoms with Gasteiger partial charge in [0.2, 0.25) is 0 Å². The highest BCUT2D eigenvalue weighted by Crippen LogP contribution is 2.33. The highest BCUT2D eigenvalue weighted by atomic mass is 35.5. The van der Waals surface area contributed by atoms with Gasteiger partial charge in [-0.1, -0.05) is 35.3 Å². The van der Waals surface area contributed by atoms with E-state index in [4.69, 9.17) is 34.8 Å². The van der Waals surface area contributed by atoms with Crippen LogP contribution in [0.1, 0.15) is 16.5 Å². The smallest absolute Gasteiger partial charge is 0.162 e. The van der Waals surface area contributed by atoms with Gasteiger partial charge in [0.05, 0.1) is 5.38 Å². The summed E-state index contributed by atoms with van der Waals surface area (Å²) in [5, 5.41) is 0.355. The van der Waals surface area contributed by atoms with Crippen molar-refractivity contribution in [3.63, 3.8) is 0 Å². The Morgan fingerprint density at radius 2 is 1.79 bits per heavy atom. The molecule has 0 aliphatic heterocycles. The van der Waals surface area contributed by atoms with Gasteiger partial charge in [0.15, 0.2) is 11.6 Å². The standard InChI is InChI=1S/C14H9Cl3F2/c15-9-4-5-11(16)10(7-9)12(17)6-8-2-1-3-13(18)14(8)19/h1-5,7,12H,6H2. The van der Waals surface area contributed by atoms with Gasteiger partial charge < -0.3 is 0 Å². The maximum atomic E-state index is 13.6. The average molecular weight is 322 g/mol. The van der Waals surface area contributed by atoms with Crippen LogP contribution in [-0.4, -0.2) is 0 Å². The second-order valence-electron chi connectivity index (χ2n) is 4.05. The Hall–Kier alpha value is -0.830. The molecule has 2 aromatic carbocycles. The van der Waals surface area contributed by atoms with E-state index in [-0.39, 0.29) is 12.0 Å². The largest absolute Gasteiger partial charge is 0.204 e. The van der Waals surface area contributed by atoms with E-state index in [1.807, 2.05) is 0 Å². The highest BCUT2D eigenvalue weighted by molar-refractivity contribution is 6.34. The van der Waals surface area contributed by atoms with Crippen LogP contribution in [0.4, 0.5) is 8.78 Å². The van der Waals surface area contributed by atoms with E-state index in [2.05, 4.69) is 0 Å². The number of rotatable bonds is 3. The molecule has 1 unspecified atom stereocenters. The number of hydrogen-bond donors (Lipinski definition) is 0. The molecule has 100 valence electrons. The summed E-state index contributed by atoms with van der Waals surface area (Å²) < 4.78 is 26.7. The van der Waals surface area contributed by atoms with Crippen molar-refractivity contribution in [2.75, 3.05) is 0 Å². The number of benzene rings is 2. The van der Waals surface area contributed by atoms with Crippen LogP contribution in [-0.2, 0) is 6.42 Å². The van der Waals surface area contributed by atoms with Crippen molar-refractivity contribution in [3.05, 3.63) is 69.2 Å². The van der Waals surface area contributed by atoms with Crippen molar-refractivity contribution in [3.8, 4) is 0 Å². The molecule has 2 aromatic rings. The Balaban J connectivity index is 2.28. The molecule has 0 bridgehead atoms. The summed E-state index contributed by atoms with van der Waals surface area (Å²) in [5.74, 6) is -1.77. The summed E-state index contributed by atoms with van der Waals surface area (Å²) in [6, 6.07) is 8.88. The maximum Gasteiger partial charge on any atom is 0.162 e. The summed E-state index contributed by atoms with van der Waals surface area (Å²) in [5.41, 5.74) is 0.801. The molecule has 0 aromatic heterocycles. The van der Waals surface area contributed by atoms with Crippen LogP contribution in [0.2, 0.25) is 10.0 Å². The summed E-state index contributed by atoms with van der Waals surface area (Å²) in [4.78, 5) is 0. The quantitative estimate of drug-likeness (QED) is 0.627. The van der Waals surface area contributed by atoms with Crippen molar-refractivity contribution in [2.24, 2.45) is 0 Å². The third kappa shape index (κ3) is 3.38. The molecule has 0 radical (unpaired) electrons. The fourth-order valence-corrected chi connectivity index (χ4v) is 2.60. The molecule has 0 amide bonds. The lowest BCUT2D eigenvalue weighted by Crippen LogP contribution is -2.01. The van der Waals surface area contributed by atoms with E-state index in [9.17, 15) is 8.78 Å². The minimum Gasteiger partial charge on any atom is -0.204 e. The maximum absolute atomic E-state index is 13.6. The first-order valence-corrected chi connectivity index (χ1v) is 6.70. The molecule has 0 heterocycles. The molecule has 0 N–H and O–H groups in total. The van der Waals surface area contributed by atoms with Crippen LogP contribution in [0.15, 0.2) is 36.4 Å². The highest BCUT2D eigenvalue weighted by Gasteiger charge is 2.16. The molecule has 0 saturated carbocycles. The molecule has 0 aliphatic rings. The zero-order valence-corrected chi connectivity index (χ0v) is 11.9. The van der Waals surface area contributed by atoms with E-state index in [1.54, 1.807) is 18.2 Å². The van der Waals surface area contributed by atoms with Crippen molar-refractivity contribution >= 4 is 34.8 Å². The van der Waals surface area contributed by atoms with E-state index < -0.39 is 17.0 Å². The molecular weight excluding hydrogens is 313 g/mol. The van der Waals surface area contributed by atoms with Crippen molar-refractivity contribution in [2.45, 2.75) is 11.8 Å². The normalized spacial score (nSPS) is 12.5. The second kappa shape index (κ2) is 6.08. The van der Waals surface area contributed by atoms with Gasteiger partial charge in [0.1, 0.15) is 0 Å². The van der Waals surface area contributed by atoms with Gasteiger partial charge in [-0.15, -0.1) is 11.6 Å². The first kappa shape index (κ1) is 14.6. The fraction of sp³-hybridized carbons (Fsp3) is 0.143. The van der Waals surface area contributed by atoms with Crippen LogP contribution in [0.3, 0.4) is 0 Å². The predicted octanol–water partition coefficient (Wildman–Crippen LogP) is 5.79. The minimum atomic E-state index is -0.890. The van der Waals surface area contributed by atoms with Crippen LogP contribution in [0.5, 0.6) is 0 Å². The fourth-order valence-electron chi connectivity index (χ4n) is 1.76. The Labute approximate surface area is 124 Å². The zero-order chi connectivity index (χ0) is 14.0. The SMILES string of the molecule is Fc1cccc(CC(Cl)c2cc(Cl)ccc2Cl)c1F. The van der Waals surface area contributed by atoms with Crippen LogP contribution >= 0.6 is 34.8 Å². The lowest BCUT2D eigenvalue weighted by atomic mass is 10.0. The van der Waals surface area contributed by atoms with Gasteiger partial charge in [0, 0.05) is 10.0 Å². The van der Waals surface area contributed by atoms with Gasteiger partial charge >= 0.3 is 0 Å². The van der Waals surface area contributed by atoms with Crippen molar-refractivity contribution < 1.29 is 8.78 Å². The third-order valence-corrected chi connectivity index (χ3v) is 3.69.